The van der Waals surface area contributed by atoms with E-state index in [1.807, 2.05) is 54.6 Å². The molecule has 4 rings (SSSR count). The molecule has 150 valence electrons. The Balaban J connectivity index is 1.48. The van der Waals surface area contributed by atoms with Crippen LogP contribution in [0.2, 0.25) is 0 Å². The van der Waals surface area contributed by atoms with Crippen LogP contribution in [0, 0.1) is 0 Å². The van der Waals surface area contributed by atoms with Crippen LogP contribution in [0.1, 0.15) is 6.92 Å². The quantitative estimate of drug-likeness (QED) is 0.446. The van der Waals surface area contributed by atoms with E-state index in [0.29, 0.717) is 11.4 Å². The minimum Gasteiger partial charge on any atom is -0.326 e. The number of hydrogen-bond donors (Lipinski definition) is 2. The normalized spacial score (nSPS) is 10.7. The van der Waals surface area contributed by atoms with Gasteiger partial charge in [-0.3, -0.25) is 14.2 Å². The molecule has 30 heavy (non-hydrogen) atoms. The number of fused-ring (bicyclic) bond motifs is 1. The van der Waals surface area contributed by atoms with E-state index in [4.69, 9.17) is 4.98 Å². The highest BCUT2D eigenvalue weighted by Gasteiger charge is 2.14. The summed E-state index contributed by atoms with van der Waals surface area (Å²) < 4.78 is 2.06. The summed E-state index contributed by atoms with van der Waals surface area (Å²) in [4.78, 5) is 28.3. The van der Waals surface area contributed by atoms with Gasteiger partial charge < -0.3 is 10.6 Å². The zero-order valence-corrected chi connectivity index (χ0v) is 17.1. The summed E-state index contributed by atoms with van der Waals surface area (Å²) in [6.07, 6.45) is 0. The van der Waals surface area contributed by atoms with Crippen LogP contribution in [0.25, 0.3) is 16.7 Å². The molecule has 2 amide bonds. The third-order valence-corrected chi connectivity index (χ3v) is 5.30. The molecule has 2 N–H and O–H groups in total. The Bertz CT molecular complexity index is 1190. The van der Waals surface area contributed by atoms with Crippen LogP contribution in [0.4, 0.5) is 11.4 Å². The summed E-state index contributed by atoms with van der Waals surface area (Å²) in [5.41, 5.74) is 4.25. The lowest BCUT2D eigenvalue weighted by Gasteiger charge is -2.09. The lowest BCUT2D eigenvalue weighted by molar-refractivity contribution is -0.114. The first-order valence-electron chi connectivity index (χ1n) is 9.43. The number of carbonyl (C=O) groups is 2. The van der Waals surface area contributed by atoms with Gasteiger partial charge in [0.1, 0.15) is 0 Å². The maximum Gasteiger partial charge on any atom is 0.234 e. The lowest BCUT2D eigenvalue weighted by atomic mass is 10.3. The fourth-order valence-corrected chi connectivity index (χ4v) is 3.92. The number of nitrogens with zero attached hydrogens (tertiary/aromatic N) is 2. The second-order valence-electron chi connectivity index (χ2n) is 6.65. The highest BCUT2D eigenvalue weighted by atomic mass is 32.2. The Morgan fingerprint density at radius 2 is 1.50 bits per heavy atom. The van der Waals surface area contributed by atoms with Gasteiger partial charge >= 0.3 is 0 Å². The molecule has 7 heteroatoms. The van der Waals surface area contributed by atoms with Crippen molar-refractivity contribution in [1.29, 1.82) is 0 Å². The SMILES string of the molecule is CC(=O)Nc1ccc(NC(=O)CSc2nc3ccccc3n2-c2ccccc2)cc1. The Labute approximate surface area is 178 Å². The minimum absolute atomic E-state index is 0.126. The lowest BCUT2D eigenvalue weighted by Crippen LogP contribution is -2.14. The molecular weight excluding hydrogens is 396 g/mol. The van der Waals surface area contributed by atoms with Crippen molar-refractivity contribution in [2.75, 3.05) is 16.4 Å². The Morgan fingerprint density at radius 1 is 0.867 bits per heavy atom. The number of benzene rings is 3. The molecule has 0 bridgehead atoms. The van der Waals surface area contributed by atoms with Crippen LogP contribution in [-0.4, -0.2) is 27.1 Å². The van der Waals surface area contributed by atoms with Gasteiger partial charge in [-0.1, -0.05) is 42.1 Å². The monoisotopic (exact) mass is 416 g/mol. The largest absolute Gasteiger partial charge is 0.326 e. The first-order valence-corrected chi connectivity index (χ1v) is 10.4. The topological polar surface area (TPSA) is 76.0 Å². The maximum atomic E-state index is 12.5. The van der Waals surface area contributed by atoms with Crippen molar-refractivity contribution in [3.63, 3.8) is 0 Å². The standard InChI is InChI=1S/C23H20N4O2S/c1-16(28)24-17-11-13-18(14-12-17)25-22(29)15-30-23-26-20-9-5-6-10-21(20)27(23)19-7-3-2-4-8-19/h2-14H,15H2,1H3,(H,24,28)(H,25,29). The number of thioether (sulfide) groups is 1. The second-order valence-corrected chi connectivity index (χ2v) is 7.59. The van der Waals surface area contributed by atoms with E-state index in [-0.39, 0.29) is 17.6 Å². The van der Waals surface area contributed by atoms with E-state index in [9.17, 15) is 9.59 Å². The van der Waals surface area contributed by atoms with E-state index in [0.717, 1.165) is 21.9 Å². The number of anilines is 2. The van der Waals surface area contributed by atoms with Gasteiger partial charge in [-0.05, 0) is 48.5 Å². The molecule has 0 atom stereocenters. The van der Waals surface area contributed by atoms with Crippen LogP contribution in [0.5, 0.6) is 0 Å². The van der Waals surface area contributed by atoms with Gasteiger partial charge in [-0.15, -0.1) is 0 Å². The van der Waals surface area contributed by atoms with Crippen molar-refractivity contribution in [2.24, 2.45) is 0 Å². The summed E-state index contributed by atoms with van der Waals surface area (Å²) in [7, 11) is 0. The fraction of sp³-hybridized carbons (Fsp3) is 0.0870. The fourth-order valence-electron chi connectivity index (χ4n) is 3.09. The molecule has 0 aliphatic rings. The van der Waals surface area contributed by atoms with E-state index in [1.165, 1.54) is 18.7 Å². The molecule has 0 aliphatic carbocycles. The van der Waals surface area contributed by atoms with Gasteiger partial charge in [0, 0.05) is 24.0 Å². The third kappa shape index (κ3) is 4.52. The maximum absolute atomic E-state index is 12.5. The van der Waals surface area contributed by atoms with Crippen molar-refractivity contribution >= 4 is 46.0 Å². The van der Waals surface area contributed by atoms with Crippen LogP contribution < -0.4 is 10.6 Å². The molecule has 0 radical (unpaired) electrons. The zero-order valence-electron chi connectivity index (χ0n) is 16.3. The van der Waals surface area contributed by atoms with Crippen molar-refractivity contribution in [3.8, 4) is 5.69 Å². The average Bonchev–Trinajstić information content (AvgIpc) is 3.12. The molecule has 4 aromatic rings. The van der Waals surface area contributed by atoms with Crippen LogP contribution in [-0.2, 0) is 9.59 Å². The van der Waals surface area contributed by atoms with E-state index in [2.05, 4.69) is 15.2 Å². The van der Waals surface area contributed by atoms with E-state index in [1.54, 1.807) is 24.3 Å². The predicted molar refractivity (Wildman–Crippen MR) is 121 cm³/mol. The molecule has 3 aromatic carbocycles. The molecule has 0 spiro atoms. The third-order valence-electron chi connectivity index (χ3n) is 4.37. The number of carbonyl (C=O) groups excluding carboxylic acids is 2. The molecule has 0 aliphatic heterocycles. The van der Waals surface area contributed by atoms with Gasteiger partial charge in [-0.2, -0.15) is 0 Å². The smallest absolute Gasteiger partial charge is 0.234 e. The van der Waals surface area contributed by atoms with E-state index >= 15 is 0 Å². The van der Waals surface area contributed by atoms with Gasteiger partial charge in [0.05, 0.1) is 16.8 Å². The van der Waals surface area contributed by atoms with Gasteiger partial charge in [0.15, 0.2) is 5.16 Å². The highest BCUT2D eigenvalue weighted by Crippen LogP contribution is 2.28. The average molecular weight is 417 g/mol. The summed E-state index contributed by atoms with van der Waals surface area (Å²) in [6.45, 7) is 1.45. The molecule has 1 heterocycles. The number of imidazole rings is 1. The molecule has 6 nitrogen and oxygen atoms in total. The molecule has 0 saturated carbocycles. The number of aromatic nitrogens is 2. The molecular formula is C23H20N4O2S. The van der Waals surface area contributed by atoms with Gasteiger partial charge in [0.25, 0.3) is 0 Å². The van der Waals surface area contributed by atoms with Crippen molar-refractivity contribution in [1.82, 2.24) is 9.55 Å². The predicted octanol–water partition coefficient (Wildman–Crippen LogP) is 4.71. The Morgan fingerprint density at radius 3 is 2.20 bits per heavy atom. The molecule has 1 aromatic heterocycles. The van der Waals surface area contributed by atoms with Gasteiger partial charge in [0.2, 0.25) is 11.8 Å². The number of rotatable bonds is 6. The number of para-hydroxylation sites is 3. The molecule has 0 fully saturated rings. The zero-order chi connectivity index (χ0) is 20.9. The summed E-state index contributed by atoms with van der Waals surface area (Å²) in [5.74, 6) is -0.0349. The van der Waals surface area contributed by atoms with Crippen LogP contribution >= 0.6 is 11.8 Å². The first-order chi connectivity index (χ1) is 14.6. The van der Waals surface area contributed by atoms with Crippen molar-refractivity contribution < 1.29 is 9.59 Å². The summed E-state index contributed by atoms with van der Waals surface area (Å²) in [5, 5.41) is 6.34. The first kappa shape index (κ1) is 19.7. The Kier molecular flexibility index (Phi) is 5.81. The Hall–Kier alpha value is -3.58. The van der Waals surface area contributed by atoms with Gasteiger partial charge in [-0.25, -0.2) is 4.98 Å². The summed E-state index contributed by atoms with van der Waals surface area (Å²) in [6, 6.07) is 24.9. The highest BCUT2D eigenvalue weighted by molar-refractivity contribution is 7.99. The molecule has 0 saturated heterocycles. The minimum atomic E-state index is -0.135. The van der Waals surface area contributed by atoms with Crippen molar-refractivity contribution in [2.45, 2.75) is 12.1 Å². The molecule has 0 unspecified atom stereocenters. The number of nitrogens with one attached hydrogen (secondary N) is 2. The summed E-state index contributed by atoms with van der Waals surface area (Å²) >= 11 is 1.39. The van der Waals surface area contributed by atoms with Crippen LogP contribution in [0.3, 0.4) is 0 Å². The van der Waals surface area contributed by atoms with Crippen molar-refractivity contribution in [3.05, 3.63) is 78.9 Å². The second kappa shape index (κ2) is 8.84. The number of amides is 2. The number of hydrogen-bond acceptors (Lipinski definition) is 4. The van der Waals surface area contributed by atoms with Crippen LogP contribution in [0.15, 0.2) is 84.0 Å². The van der Waals surface area contributed by atoms with E-state index < -0.39 is 0 Å².